The summed E-state index contributed by atoms with van der Waals surface area (Å²) in [5.74, 6) is 1.48. The number of nitrogens with zero attached hydrogens (tertiary/aromatic N) is 3. The maximum atomic E-state index is 10.9. The Hall–Kier alpha value is -2.31. The molecular formula is C11H14N4O3. The van der Waals surface area contributed by atoms with Crippen molar-refractivity contribution in [3.63, 3.8) is 0 Å². The van der Waals surface area contributed by atoms with E-state index in [1.54, 1.807) is 6.92 Å². The van der Waals surface area contributed by atoms with E-state index in [2.05, 4.69) is 5.10 Å². The molecule has 0 aliphatic rings. The van der Waals surface area contributed by atoms with E-state index in [-0.39, 0.29) is 17.5 Å². The van der Waals surface area contributed by atoms with Gasteiger partial charge in [-0.25, -0.2) is 4.68 Å². The van der Waals surface area contributed by atoms with Crippen LogP contribution in [0.25, 0.3) is 0 Å². The van der Waals surface area contributed by atoms with Gasteiger partial charge in [-0.2, -0.15) is 5.10 Å². The lowest BCUT2D eigenvalue weighted by molar-refractivity contribution is -0.384. The fourth-order valence-corrected chi connectivity index (χ4v) is 1.88. The van der Waals surface area contributed by atoms with Gasteiger partial charge in [0, 0.05) is 0 Å². The van der Waals surface area contributed by atoms with Gasteiger partial charge < -0.3 is 10.2 Å². The Morgan fingerprint density at radius 1 is 1.50 bits per heavy atom. The van der Waals surface area contributed by atoms with Crippen molar-refractivity contribution in [2.75, 3.05) is 5.73 Å². The average molecular weight is 250 g/mol. The summed E-state index contributed by atoms with van der Waals surface area (Å²) in [5, 5.41) is 15.0. The van der Waals surface area contributed by atoms with E-state index in [0.29, 0.717) is 11.5 Å². The van der Waals surface area contributed by atoms with Gasteiger partial charge in [-0.3, -0.25) is 10.1 Å². The molecule has 0 radical (unpaired) electrons. The number of rotatable bonds is 3. The zero-order chi connectivity index (χ0) is 13.4. The molecule has 0 saturated heterocycles. The predicted molar refractivity (Wildman–Crippen MR) is 65.3 cm³/mol. The molecule has 2 N–H and O–H groups in total. The molecule has 2 aromatic heterocycles. The first-order valence-electron chi connectivity index (χ1n) is 5.47. The van der Waals surface area contributed by atoms with E-state index in [4.69, 9.17) is 10.2 Å². The Balaban J connectivity index is 2.46. The zero-order valence-corrected chi connectivity index (χ0v) is 10.4. The van der Waals surface area contributed by atoms with Crippen molar-refractivity contribution in [1.82, 2.24) is 9.78 Å². The van der Waals surface area contributed by atoms with Crippen molar-refractivity contribution in [3.05, 3.63) is 39.5 Å². The van der Waals surface area contributed by atoms with Gasteiger partial charge in [0.25, 0.3) is 0 Å². The molecule has 0 aliphatic carbocycles. The minimum Gasteiger partial charge on any atom is -0.464 e. The maximum Gasteiger partial charge on any atom is 0.333 e. The van der Waals surface area contributed by atoms with Crippen LogP contribution in [0.5, 0.6) is 0 Å². The van der Waals surface area contributed by atoms with Gasteiger partial charge in [0.1, 0.15) is 23.3 Å². The lowest BCUT2D eigenvalue weighted by atomic mass is 10.2. The molecule has 0 saturated carbocycles. The summed E-state index contributed by atoms with van der Waals surface area (Å²) in [6.45, 7) is 5.21. The van der Waals surface area contributed by atoms with Crippen LogP contribution in [0.4, 0.5) is 11.5 Å². The second kappa shape index (κ2) is 4.17. The Bertz CT molecular complexity index is 599. The molecule has 2 aromatic rings. The minimum atomic E-state index is -0.520. The second-order valence-electron chi connectivity index (χ2n) is 4.15. The van der Waals surface area contributed by atoms with Gasteiger partial charge in [-0.1, -0.05) is 0 Å². The Morgan fingerprint density at radius 3 is 2.61 bits per heavy atom. The number of nitrogens with two attached hydrogens (primary N) is 1. The normalized spacial score (nSPS) is 12.6. The van der Waals surface area contributed by atoms with Gasteiger partial charge in [-0.15, -0.1) is 0 Å². The number of aromatic nitrogens is 2. The number of aryl methyl sites for hydroxylation is 2. The third-order valence-corrected chi connectivity index (χ3v) is 2.81. The van der Waals surface area contributed by atoms with Crippen molar-refractivity contribution in [2.45, 2.75) is 26.8 Å². The molecule has 96 valence electrons. The van der Waals surface area contributed by atoms with Crippen molar-refractivity contribution >= 4 is 11.5 Å². The van der Waals surface area contributed by atoms with Crippen molar-refractivity contribution in [3.8, 4) is 0 Å². The third kappa shape index (κ3) is 1.83. The van der Waals surface area contributed by atoms with Crippen LogP contribution in [-0.4, -0.2) is 14.7 Å². The van der Waals surface area contributed by atoms with E-state index in [1.165, 1.54) is 4.68 Å². The summed E-state index contributed by atoms with van der Waals surface area (Å²) in [6.07, 6.45) is 0. The molecule has 2 rings (SSSR count). The van der Waals surface area contributed by atoms with E-state index in [9.17, 15) is 10.1 Å². The van der Waals surface area contributed by atoms with E-state index in [0.717, 1.165) is 5.76 Å². The van der Waals surface area contributed by atoms with Crippen molar-refractivity contribution in [2.24, 2.45) is 0 Å². The van der Waals surface area contributed by atoms with Crippen LogP contribution in [0.2, 0.25) is 0 Å². The Kier molecular flexibility index (Phi) is 2.82. The molecule has 7 heteroatoms. The predicted octanol–water partition coefficient (Wildman–Crippen LogP) is 2.19. The number of anilines is 1. The summed E-state index contributed by atoms with van der Waals surface area (Å²) in [6, 6.07) is 3.35. The molecule has 1 atom stereocenters. The standard InChI is InChI=1S/C11H14N4O3/c1-6-4-5-9(18-6)8(3)14-11(12)10(15(16)17)7(2)13-14/h4-5,8H,12H2,1-3H3. The van der Waals surface area contributed by atoms with Gasteiger partial charge in [0.2, 0.25) is 5.82 Å². The molecule has 0 amide bonds. The molecule has 2 heterocycles. The summed E-state index contributed by atoms with van der Waals surface area (Å²) in [7, 11) is 0. The summed E-state index contributed by atoms with van der Waals surface area (Å²) in [4.78, 5) is 10.3. The van der Waals surface area contributed by atoms with Crippen LogP contribution in [0.3, 0.4) is 0 Å². The monoisotopic (exact) mass is 250 g/mol. The fourth-order valence-electron chi connectivity index (χ4n) is 1.88. The molecule has 18 heavy (non-hydrogen) atoms. The van der Waals surface area contributed by atoms with Crippen molar-refractivity contribution < 1.29 is 9.34 Å². The first-order chi connectivity index (χ1) is 8.41. The van der Waals surface area contributed by atoms with Crippen LogP contribution in [0.1, 0.15) is 30.2 Å². The smallest absolute Gasteiger partial charge is 0.333 e. The second-order valence-corrected chi connectivity index (χ2v) is 4.15. The van der Waals surface area contributed by atoms with Crippen LogP contribution >= 0.6 is 0 Å². The minimum absolute atomic E-state index is 0.0408. The molecule has 0 bridgehead atoms. The zero-order valence-electron chi connectivity index (χ0n) is 10.4. The number of hydrogen-bond donors (Lipinski definition) is 1. The van der Waals surface area contributed by atoms with E-state index < -0.39 is 4.92 Å². The highest BCUT2D eigenvalue weighted by Gasteiger charge is 2.26. The molecule has 7 nitrogen and oxygen atoms in total. The SMILES string of the molecule is Cc1ccc(C(C)n2nc(C)c([N+](=O)[O-])c2N)o1. The number of furan rings is 1. The summed E-state index contributed by atoms with van der Waals surface area (Å²) < 4.78 is 6.89. The highest BCUT2D eigenvalue weighted by molar-refractivity contribution is 5.56. The van der Waals surface area contributed by atoms with Crippen LogP contribution < -0.4 is 5.73 Å². The Morgan fingerprint density at radius 2 is 2.17 bits per heavy atom. The molecule has 0 aliphatic heterocycles. The van der Waals surface area contributed by atoms with E-state index in [1.807, 2.05) is 26.0 Å². The van der Waals surface area contributed by atoms with Gasteiger partial charge in [0.05, 0.1) is 4.92 Å². The highest BCUT2D eigenvalue weighted by Crippen LogP contribution is 2.30. The van der Waals surface area contributed by atoms with Gasteiger partial charge in [0.15, 0.2) is 0 Å². The van der Waals surface area contributed by atoms with E-state index >= 15 is 0 Å². The largest absolute Gasteiger partial charge is 0.464 e. The topological polar surface area (TPSA) is 100 Å². The average Bonchev–Trinajstić information content (AvgIpc) is 2.82. The van der Waals surface area contributed by atoms with Gasteiger partial charge >= 0.3 is 5.69 Å². The maximum absolute atomic E-state index is 10.9. The van der Waals surface area contributed by atoms with Crippen LogP contribution in [-0.2, 0) is 0 Å². The number of nitro groups is 1. The molecule has 0 aromatic carbocycles. The quantitative estimate of drug-likeness (QED) is 0.664. The van der Waals surface area contributed by atoms with Gasteiger partial charge in [-0.05, 0) is 32.9 Å². The molecular weight excluding hydrogens is 236 g/mol. The number of nitrogen functional groups attached to an aromatic ring is 1. The third-order valence-electron chi connectivity index (χ3n) is 2.81. The van der Waals surface area contributed by atoms with Crippen LogP contribution in [0, 0.1) is 24.0 Å². The highest BCUT2D eigenvalue weighted by atomic mass is 16.6. The summed E-state index contributed by atoms with van der Waals surface area (Å²) in [5.41, 5.74) is 5.92. The summed E-state index contributed by atoms with van der Waals surface area (Å²) >= 11 is 0. The first-order valence-corrected chi connectivity index (χ1v) is 5.47. The Labute approximate surface area is 103 Å². The number of hydrogen-bond acceptors (Lipinski definition) is 5. The lowest BCUT2D eigenvalue weighted by Crippen LogP contribution is -2.11. The molecule has 1 unspecified atom stereocenters. The fraction of sp³-hybridized carbons (Fsp3) is 0.364. The van der Waals surface area contributed by atoms with Crippen molar-refractivity contribution in [1.29, 1.82) is 0 Å². The molecule has 0 fully saturated rings. The van der Waals surface area contributed by atoms with Crippen LogP contribution in [0.15, 0.2) is 16.5 Å². The molecule has 0 spiro atoms. The first kappa shape index (κ1) is 12.2. The lowest BCUT2D eigenvalue weighted by Gasteiger charge is -2.10.